The van der Waals surface area contributed by atoms with E-state index in [-0.39, 0.29) is 37.8 Å². The molecule has 114 valence electrons. The largest absolute Gasteiger partial charge is 0.481 e. The predicted octanol–water partition coefficient (Wildman–Crippen LogP) is 1.81. The number of nitrogens with zero attached hydrogens (tertiary/aromatic N) is 1. The number of hydrogen-bond donors (Lipinski definition) is 1. The minimum atomic E-state index is -0.905. The fraction of sp³-hybridized carbons (Fsp3) is 0.467. The van der Waals surface area contributed by atoms with Gasteiger partial charge in [-0.3, -0.25) is 9.59 Å². The zero-order valence-corrected chi connectivity index (χ0v) is 11.8. The van der Waals surface area contributed by atoms with E-state index in [4.69, 9.17) is 9.84 Å². The molecule has 5 nitrogen and oxygen atoms in total. The quantitative estimate of drug-likeness (QED) is 0.899. The van der Waals surface area contributed by atoms with E-state index in [2.05, 4.69) is 0 Å². The second-order valence-electron chi connectivity index (χ2n) is 5.47. The molecule has 1 unspecified atom stereocenters. The number of carbonyl (C=O) groups is 2. The molecule has 1 saturated heterocycles. The summed E-state index contributed by atoms with van der Waals surface area (Å²) in [5, 5.41) is 8.76. The van der Waals surface area contributed by atoms with Crippen LogP contribution in [0.5, 0.6) is 0 Å². The van der Waals surface area contributed by atoms with Crippen molar-refractivity contribution >= 4 is 11.9 Å². The monoisotopic (exact) mass is 295 g/mol. The Morgan fingerprint density at radius 2 is 2.19 bits per heavy atom. The summed E-state index contributed by atoms with van der Waals surface area (Å²) in [5.41, 5.74) is -0.272. The molecule has 1 aromatic rings. The van der Waals surface area contributed by atoms with Gasteiger partial charge in [0.15, 0.2) is 0 Å². The van der Waals surface area contributed by atoms with E-state index in [9.17, 15) is 14.0 Å². The molecule has 6 heteroatoms. The maximum Gasteiger partial charge on any atom is 0.303 e. The summed E-state index contributed by atoms with van der Waals surface area (Å²) in [6.07, 6.45) is 0.279. The van der Waals surface area contributed by atoms with E-state index in [0.29, 0.717) is 12.0 Å². The number of carboxylic acids is 1. The van der Waals surface area contributed by atoms with Gasteiger partial charge in [0.2, 0.25) is 5.91 Å². The lowest BCUT2D eigenvalue weighted by Gasteiger charge is -2.40. The number of ether oxygens (including phenoxy) is 1. The summed E-state index contributed by atoms with van der Waals surface area (Å²) in [5.74, 6) is -1.48. The summed E-state index contributed by atoms with van der Waals surface area (Å²) in [7, 11) is 0. The number of hydrogen-bond acceptors (Lipinski definition) is 3. The van der Waals surface area contributed by atoms with Crippen LogP contribution >= 0.6 is 0 Å². The second kappa shape index (κ2) is 6.22. The average molecular weight is 295 g/mol. The lowest BCUT2D eigenvalue weighted by molar-refractivity contribution is -0.164. The lowest BCUT2D eigenvalue weighted by Crippen LogP contribution is -2.52. The van der Waals surface area contributed by atoms with Gasteiger partial charge in [-0.2, -0.15) is 0 Å². The van der Waals surface area contributed by atoms with Crippen LogP contribution < -0.4 is 0 Å². The van der Waals surface area contributed by atoms with Crippen molar-refractivity contribution in [2.75, 3.05) is 13.2 Å². The van der Waals surface area contributed by atoms with E-state index < -0.39 is 11.6 Å². The van der Waals surface area contributed by atoms with Gasteiger partial charge in [-0.1, -0.05) is 18.2 Å². The molecule has 0 aliphatic carbocycles. The number of aliphatic carboxylic acids is 1. The van der Waals surface area contributed by atoms with Crippen LogP contribution in [0.15, 0.2) is 24.3 Å². The van der Waals surface area contributed by atoms with Gasteiger partial charge in [0.25, 0.3) is 0 Å². The van der Waals surface area contributed by atoms with Gasteiger partial charge < -0.3 is 14.7 Å². The van der Waals surface area contributed by atoms with Crippen molar-refractivity contribution in [1.29, 1.82) is 0 Å². The molecule has 1 heterocycles. The maximum absolute atomic E-state index is 13.7. The zero-order valence-electron chi connectivity index (χ0n) is 11.8. The molecule has 2 rings (SSSR count). The molecule has 0 bridgehead atoms. The SMILES string of the molecule is CC1(CCC(=O)O)CN(Cc2ccccc2F)C(=O)CO1. The highest BCUT2D eigenvalue weighted by atomic mass is 19.1. The van der Waals surface area contributed by atoms with Gasteiger partial charge in [-0.15, -0.1) is 0 Å². The fourth-order valence-electron chi connectivity index (χ4n) is 2.36. The van der Waals surface area contributed by atoms with Gasteiger partial charge in [-0.05, 0) is 19.4 Å². The summed E-state index contributed by atoms with van der Waals surface area (Å²) in [4.78, 5) is 24.1. The van der Waals surface area contributed by atoms with E-state index >= 15 is 0 Å². The van der Waals surface area contributed by atoms with E-state index in [1.54, 1.807) is 25.1 Å². The number of morpholine rings is 1. The minimum absolute atomic E-state index is 0.0295. The first kappa shape index (κ1) is 15.4. The Bertz CT molecular complexity index is 548. The molecule has 1 aliphatic heterocycles. The molecule has 0 aromatic heterocycles. The third kappa shape index (κ3) is 4.01. The lowest BCUT2D eigenvalue weighted by atomic mass is 9.97. The smallest absolute Gasteiger partial charge is 0.303 e. The Kier molecular flexibility index (Phi) is 4.57. The first-order valence-electron chi connectivity index (χ1n) is 6.76. The van der Waals surface area contributed by atoms with Crippen LogP contribution in [0.3, 0.4) is 0 Å². The standard InChI is InChI=1S/C15H18FNO4/c1-15(7-6-14(19)20)10-17(13(18)9-21-15)8-11-4-2-3-5-12(11)16/h2-5H,6-10H2,1H3,(H,19,20). The van der Waals surface area contributed by atoms with Gasteiger partial charge in [0.05, 0.1) is 5.60 Å². The normalized spacial score (nSPS) is 22.4. The molecule has 0 spiro atoms. The van der Waals surface area contributed by atoms with Crippen LogP contribution in [0.2, 0.25) is 0 Å². The van der Waals surface area contributed by atoms with Crippen LogP contribution in [0.25, 0.3) is 0 Å². The number of rotatable bonds is 5. The fourth-order valence-corrected chi connectivity index (χ4v) is 2.36. The van der Waals surface area contributed by atoms with E-state index in [1.807, 2.05) is 0 Å². The third-order valence-electron chi connectivity index (χ3n) is 3.61. The summed E-state index contributed by atoms with van der Waals surface area (Å²) >= 11 is 0. The summed E-state index contributed by atoms with van der Waals surface area (Å²) in [6, 6.07) is 6.29. The molecule has 1 atom stereocenters. The van der Waals surface area contributed by atoms with Crippen molar-refractivity contribution in [3.05, 3.63) is 35.6 Å². The molecule has 0 saturated carbocycles. The highest BCUT2D eigenvalue weighted by Crippen LogP contribution is 2.25. The topological polar surface area (TPSA) is 66.8 Å². The van der Waals surface area contributed by atoms with Crippen LogP contribution in [0.4, 0.5) is 4.39 Å². The molecule has 0 radical (unpaired) electrons. The van der Waals surface area contributed by atoms with Gasteiger partial charge in [0, 0.05) is 25.1 Å². The molecule has 1 fully saturated rings. The van der Waals surface area contributed by atoms with Crippen LogP contribution in [-0.4, -0.2) is 40.6 Å². The van der Waals surface area contributed by atoms with Crippen LogP contribution in [-0.2, 0) is 20.9 Å². The van der Waals surface area contributed by atoms with Crippen molar-refractivity contribution in [3.8, 4) is 0 Å². The minimum Gasteiger partial charge on any atom is -0.481 e. The third-order valence-corrected chi connectivity index (χ3v) is 3.61. The number of benzene rings is 1. The molecule has 21 heavy (non-hydrogen) atoms. The molecule has 1 N–H and O–H groups in total. The molecule has 1 aliphatic rings. The summed E-state index contributed by atoms with van der Waals surface area (Å²) < 4.78 is 19.1. The second-order valence-corrected chi connectivity index (χ2v) is 5.47. The van der Waals surface area contributed by atoms with Crippen LogP contribution in [0, 0.1) is 5.82 Å². The highest BCUT2D eigenvalue weighted by Gasteiger charge is 2.36. The molecular weight excluding hydrogens is 277 g/mol. The zero-order chi connectivity index (χ0) is 15.5. The van der Waals surface area contributed by atoms with E-state index in [1.165, 1.54) is 11.0 Å². The van der Waals surface area contributed by atoms with Crippen molar-refractivity contribution in [2.45, 2.75) is 31.9 Å². The summed E-state index contributed by atoms with van der Waals surface area (Å²) in [6.45, 7) is 2.09. The van der Waals surface area contributed by atoms with Gasteiger partial charge >= 0.3 is 5.97 Å². The van der Waals surface area contributed by atoms with Crippen molar-refractivity contribution in [3.63, 3.8) is 0 Å². The highest BCUT2D eigenvalue weighted by molar-refractivity contribution is 5.78. The van der Waals surface area contributed by atoms with Crippen molar-refractivity contribution < 1.29 is 23.8 Å². The van der Waals surface area contributed by atoms with Crippen molar-refractivity contribution in [1.82, 2.24) is 4.90 Å². The van der Waals surface area contributed by atoms with Gasteiger partial charge in [0.1, 0.15) is 12.4 Å². The van der Waals surface area contributed by atoms with Crippen LogP contribution in [0.1, 0.15) is 25.3 Å². The Morgan fingerprint density at radius 3 is 2.86 bits per heavy atom. The first-order valence-corrected chi connectivity index (χ1v) is 6.76. The maximum atomic E-state index is 13.7. The number of carboxylic acid groups (broad SMARTS) is 1. The Morgan fingerprint density at radius 1 is 1.48 bits per heavy atom. The number of carbonyl (C=O) groups excluding carboxylic acids is 1. The Balaban J connectivity index is 2.06. The molecular formula is C15H18FNO4. The molecule has 1 amide bonds. The number of amides is 1. The Labute approximate surface area is 122 Å². The average Bonchev–Trinajstić information content (AvgIpc) is 2.44. The molecule has 1 aromatic carbocycles. The Hall–Kier alpha value is -1.95. The number of halogens is 1. The first-order chi connectivity index (χ1) is 9.89. The predicted molar refractivity (Wildman–Crippen MR) is 73.0 cm³/mol. The van der Waals surface area contributed by atoms with Crippen molar-refractivity contribution in [2.24, 2.45) is 0 Å². The van der Waals surface area contributed by atoms with Gasteiger partial charge in [-0.25, -0.2) is 4.39 Å². The van der Waals surface area contributed by atoms with E-state index in [0.717, 1.165) is 0 Å².